The van der Waals surface area contributed by atoms with Crippen LogP contribution in [0.2, 0.25) is 0 Å². The summed E-state index contributed by atoms with van der Waals surface area (Å²) >= 11 is 0. The van der Waals surface area contributed by atoms with Gasteiger partial charge in [-0.2, -0.15) is 5.26 Å². The molecule has 1 N–H and O–H groups in total. The van der Waals surface area contributed by atoms with Crippen LogP contribution in [0.25, 0.3) is 0 Å². The van der Waals surface area contributed by atoms with Crippen LogP contribution in [0, 0.1) is 11.3 Å². The summed E-state index contributed by atoms with van der Waals surface area (Å²) in [5.41, 5.74) is 0.542. The quantitative estimate of drug-likeness (QED) is 0.855. The number of rotatable bonds is 6. The van der Waals surface area contributed by atoms with E-state index in [9.17, 15) is 4.79 Å². The molecule has 0 radical (unpaired) electrons. The topological polar surface area (TPSA) is 73.6 Å². The minimum atomic E-state index is -0.642. The van der Waals surface area contributed by atoms with Gasteiger partial charge in [0.15, 0.2) is 6.10 Å². The molecular formula is C15H20N2O3. The van der Waals surface area contributed by atoms with Crippen molar-refractivity contribution in [1.82, 2.24) is 4.90 Å². The van der Waals surface area contributed by atoms with Gasteiger partial charge in [-0.3, -0.25) is 4.79 Å². The van der Waals surface area contributed by atoms with E-state index in [-0.39, 0.29) is 25.1 Å². The second kappa shape index (κ2) is 7.51. The lowest BCUT2D eigenvalue weighted by Crippen LogP contribution is -2.45. The van der Waals surface area contributed by atoms with Crippen LogP contribution in [-0.2, 0) is 4.79 Å². The van der Waals surface area contributed by atoms with Gasteiger partial charge in [-0.25, -0.2) is 0 Å². The van der Waals surface area contributed by atoms with Crippen LogP contribution in [0.1, 0.15) is 26.3 Å². The molecule has 0 aliphatic rings. The molecule has 0 aliphatic carbocycles. The largest absolute Gasteiger partial charge is 0.481 e. The molecule has 1 aromatic rings. The van der Waals surface area contributed by atoms with Crippen molar-refractivity contribution in [2.45, 2.75) is 32.9 Å². The van der Waals surface area contributed by atoms with Gasteiger partial charge in [0, 0.05) is 12.6 Å². The Kier molecular flexibility index (Phi) is 6.01. The van der Waals surface area contributed by atoms with Crippen LogP contribution in [0.4, 0.5) is 0 Å². The summed E-state index contributed by atoms with van der Waals surface area (Å²) in [6.07, 6.45) is -0.642. The van der Waals surface area contributed by atoms with Crippen molar-refractivity contribution in [2.75, 3.05) is 13.2 Å². The van der Waals surface area contributed by atoms with Crippen LogP contribution in [0.15, 0.2) is 24.3 Å². The van der Waals surface area contributed by atoms with E-state index < -0.39 is 6.10 Å². The van der Waals surface area contributed by atoms with E-state index in [0.717, 1.165) is 0 Å². The number of carbonyl (C=O) groups is 1. The number of carbonyl (C=O) groups excluding carboxylic acids is 1. The molecule has 5 heteroatoms. The number of amides is 1. The van der Waals surface area contributed by atoms with Gasteiger partial charge in [0.05, 0.1) is 18.2 Å². The summed E-state index contributed by atoms with van der Waals surface area (Å²) in [5.74, 6) is 0.371. The second-order valence-corrected chi connectivity index (χ2v) is 4.75. The smallest absolute Gasteiger partial charge is 0.263 e. The molecule has 0 heterocycles. The van der Waals surface area contributed by atoms with Crippen molar-refractivity contribution in [3.8, 4) is 11.8 Å². The van der Waals surface area contributed by atoms with Crippen LogP contribution < -0.4 is 4.74 Å². The fraction of sp³-hybridized carbons (Fsp3) is 0.467. The molecule has 0 fully saturated rings. The molecule has 1 rings (SSSR count). The number of ether oxygens (including phenoxy) is 1. The standard InChI is InChI=1S/C15H20N2O3/c1-11(2)17(8-9-18)15(19)12(3)20-14-6-4-13(10-16)5-7-14/h4-7,11-12,18H,8-9H2,1-3H3. The number of aliphatic hydroxyl groups is 1. The zero-order valence-corrected chi connectivity index (χ0v) is 12.0. The number of benzene rings is 1. The molecular weight excluding hydrogens is 256 g/mol. The molecule has 0 spiro atoms. The summed E-state index contributed by atoms with van der Waals surface area (Å²) in [7, 11) is 0. The van der Waals surface area contributed by atoms with Crippen molar-refractivity contribution < 1.29 is 14.6 Å². The molecule has 0 saturated carbocycles. The van der Waals surface area contributed by atoms with Gasteiger partial charge in [0.1, 0.15) is 5.75 Å². The lowest BCUT2D eigenvalue weighted by Gasteiger charge is -2.28. The molecule has 1 atom stereocenters. The monoisotopic (exact) mass is 276 g/mol. The van der Waals surface area contributed by atoms with E-state index in [1.807, 2.05) is 19.9 Å². The lowest BCUT2D eigenvalue weighted by molar-refractivity contribution is -0.140. The van der Waals surface area contributed by atoms with Crippen molar-refractivity contribution in [3.05, 3.63) is 29.8 Å². The number of aliphatic hydroxyl groups excluding tert-OH is 1. The SMILES string of the molecule is CC(Oc1ccc(C#N)cc1)C(=O)N(CCO)C(C)C. The second-order valence-electron chi connectivity index (χ2n) is 4.75. The molecule has 108 valence electrons. The average molecular weight is 276 g/mol. The Morgan fingerprint density at radius 2 is 1.95 bits per heavy atom. The number of nitrogens with zero attached hydrogens (tertiary/aromatic N) is 2. The minimum absolute atomic E-state index is 0.00154. The lowest BCUT2D eigenvalue weighted by atomic mass is 10.2. The first-order valence-corrected chi connectivity index (χ1v) is 6.57. The highest BCUT2D eigenvalue weighted by Gasteiger charge is 2.23. The predicted molar refractivity (Wildman–Crippen MR) is 75.2 cm³/mol. The average Bonchev–Trinajstić information content (AvgIpc) is 2.44. The van der Waals surface area contributed by atoms with E-state index in [4.69, 9.17) is 15.1 Å². The third kappa shape index (κ3) is 4.25. The first-order valence-electron chi connectivity index (χ1n) is 6.57. The summed E-state index contributed by atoms with van der Waals surface area (Å²) in [4.78, 5) is 13.8. The van der Waals surface area contributed by atoms with Gasteiger partial charge in [-0.05, 0) is 45.0 Å². The maximum atomic E-state index is 12.2. The van der Waals surface area contributed by atoms with E-state index in [1.54, 1.807) is 36.1 Å². The maximum Gasteiger partial charge on any atom is 0.263 e. The van der Waals surface area contributed by atoms with Crippen molar-refractivity contribution in [2.24, 2.45) is 0 Å². The zero-order chi connectivity index (χ0) is 15.1. The molecule has 1 unspecified atom stereocenters. The molecule has 0 saturated heterocycles. The van der Waals surface area contributed by atoms with Crippen molar-refractivity contribution >= 4 is 5.91 Å². The fourth-order valence-corrected chi connectivity index (χ4v) is 1.83. The number of hydrogen-bond donors (Lipinski definition) is 1. The highest BCUT2D eigenvalue weighted by molar-refractivity contribution is 5.81. The summed E-state index contributed by atoms with van der Waals surface area (Å²) in [6, 6.07) is 8.62. The fourth-order valence-electron chi connectivity index (χ4n) is 1.83. The normalized spacial score (nSPS) is 11.8. The Morgan fingerprint density at radius 3 is 2.40 bits per heavy atom. The van der Waals surface area contributed by atoms with Gasteiger partial charge >= 0.3 is 0 Å². The Bertz CT molecular complexity index is 477. The van der Waals surface area contributed by atoms with E-state index >= 15 is 0 Å². The molecule has 0 bridgehead atoms. The number of nitriles is 1. The summed E-state index contributed by atoms with van der Waals surface area (Å²) in [6.45, 7) is 5.67. The van der Waals surface area contributed by atoms with Crippen molar-refractivity contribution in [1.29, 1.82) is 5.26 Å². The third-order valence-electron chi connectivity index (χ3n) is 2.89. The Hall–Kier alpha value is -2.06. The molecule has 0 aliphatic heterocycles. The molecule has 20 heavy (non-hydrogen) atoms. The van der Waals surface area contributed by atoms with Crippen LogP contribution in [0.5, 0.6) is 5.75 Å². The first-order chi connectivity index (χ1) is 9.49. The predicted octanol–water partition coefficient (Wildman–Crippen LogP) is 1.55. The Morgan fingerprint density at radius 1 is 1.35 bits per heavy atom. The van der Waals surface area contributed by atoms with Crippen LogP contribution >= 0.6 is 0 Å². The Labute approximate surface area is 119 Å². The van der Waals surface area contributed by atoms with E-state index in [0.29, 0.717) is 11.3 Å². The van der Waals surface area contributed by atoms with Gasteiger partial charge in [0.25, 0.3) is 5.91 Å². The summed E-state index contributed by atoms with van der Waals surface area (Å²) < 4.78 is 5.57. The highest BCUT2D eigenvalue weighted by atomic mass is 16.5. The zero-order valence-electron chi connectivity index (χ0n) is 12.0. The first kappa shape index (κ1) is 16.0. The van der Waals surface area contributed by atoms with E-state index in [2.05, 4.69) is 0 Å². The van der Waals surface area contributed by atoms with Crippen LogP contribution in [-0.4, -0.2) is 41.2 Å². The maximum absolute atomic E-state index is 12.2. The third-order valence-corrected chi connectivity index (χ3v) is 2.89. The van der Waals surface area contributed by atoms with Crippen molar-refractivity contribution in [3.63, 3.8) is 0 Å². The minimum Gasteiger partial charge on any atom is -0.481 e. The summed E-state index contributed by atoms with van der Waals surface area (Å²) in [5, 5.41) is 17.7. The van der Waals surface area contributed by atoms with Gasteiger partial charge < -0.3 is 14.7 Å². The number of hydrogen-bond acceptors (Lipinski definition) is 4. The highest BCUT2D eigenvalue weighted by Crippen LogP contribution is 2.15. The molecule has 1 amide bonds. The molecule has 5 nitrogen and oxygen atoms in total. The van der Waals surface area contributed by atoms with Gasteiger partial charge in [-0.1, -0.05) is 0 Å². The molecule has 0 aromatic heterocycles. The van der Waals surface area contributed by atoms with Crippen LogP contribution in [0.3, 0.4) is 0 Å². The Balaban J connectivity index is 2.70. The van der Waals surface area contributed by atoms with Gasteiger partial charge in [-0.15, -0.1) is 0 Å². The van der Waals surface area contributed by atoms with Gasteiger partial charge in [0.2, 0.25) is 0 Å². The molecule has 1 aromatic carbocycles. The van der Waals surface area contributed by atoms with E-state index in [1.165, 1.54) is 0 Å².